The van der Waals surface area contributed by atoms with E-state index in [1.807, 2.05) is 0 Å². The fourth-order valence-electron chi connectivity index (χ4n) is 1.77. The molecular formula is C12H13N5O3. The van der Waals surface area contributed by atoms with Crippen molar-refractivity contribution in [3.8, 4) is 0 Å². The first kappa shape index (κ1) is 13.5. The Morgan fingerprint density at radius 2 is 2.20 bits per heavy atom. The number of non-ortho nitro benzene ring substituents is 1. The molecule has 1 amide bonds. The lowest BCUT2D eigenvalue weighted by Crippen LogP contribution is -2.14. The zero-order valence-corrected chi connectivity index (χ0v) is 11.0. The SMILES string of the molecule is Cc1nn(C)cc1NC(=O)c1cc([N+](=O)[O-])ccc1N. The molecule has 0 unspecified atom stereocenters. The van der Waals surface area contributed by atoms with Crippen LogP contribution in [0.1, 0.15) is 16.1 Å². The molecule has 2 rings (SSSR count). The quantitative estimate of drug-likeness (QED) is 0.500. The van der Waals surface area contributed by atoms with Crippen molar-refractivity contribution in [3.05, 3.63) is 45.8 Å². The van der Waals surface area contributed by atoms with Gasteiger partial charge in [-0.15, -0.1) is 0 Å². The molecule has 0 fully saturated rings. The first-order valence-electron chi connectivity index (χ1n) is 5.74. The van der Waals surface area contributed by atoms with Crippen LogP contribution in [0.3, 0.4) is 0 Å². The van der Waals surface area contributed by atoms with Gasteiger partial charge in [0.15, 0.2) is 0 Å². The number of aryl methyl sites for hydroxylation is 2. The summed E-state index contributed by atoms with van der Waals surface area (Å²) < 4.78 is 1.56. The number of hydrogen-bond donors (Lipinski definition) is 2. The predicted octanol–water partition coefficient (Wildman–Crippen LogP) is 1.47. The van der Waals surface area contributed by atoms with Gasteiger partial charge in [-0.2, -0.15) is 5.10 Å². The zero-order valence-electron chi connectivity index (χ0n) is 11.0. The van der Waals surface area contributed by atoms with Crippen molar-refractivity contribution in [1.82, 2.24) is 9.78 Å². The Labute approximate surface area is 114 Å². The summed E-state index contributed by atoms with van der Waals surface area (Å²) in [6.45, 7) is 1.74. The van der Waals surface area contributed by atoms with E-state index in [-0.39, 0.29) is 16.9 Å². The molecule has 1 heterocycles. The van der Waals surface area contributed by atoms with Crippen molar-refractivity contribution in [2.45, 2.75) is 6.92 Å². The van der Waals surface area contributed by atoms with Crippen molar-refractivity contribution >= 4 is 23.0 Å². The molecule has 0 aliphatic rings. The number of anilines is 2. The molecule has 8 heteroatoms. The highest BCUT2D eigenvalue weighted by Crippen LogP contribution is 2.21. The Balaban J connectivity index is 2.31. The molecule has 3 N–H and O–H groups in total. The van der Waals surface area contributed by atoms with E-state index in [9.17, 15) is 14.9 Å². The van der Waals surface area contributed by atoms with Crippen LogP contribution in [-0.2, 0) is 7.05 Å². The van der Waals surface area contributed by atoms with Crippen molar-refractivity contribution in [1.29, 1.82) is 0 Å². The molecule has 0 saturated carbocycles. The third-order valence-electron chi connectivity index (χ3n) is 2.75. The van der Waals surface area contributed by atoms with Gasteiger partial charge in [-0.1, -0.05) is 0 Å². The number of nitrogen functional groups attached to an aromatic ring is 1. The van der Waals surface area contributed by atoms with E-state index in [4.69, 9.17) is 5.73 Å². The summed E-state index contributed by atoms with van der Waals surface area (Å²) >= 11 is 0. The van der Waals surface area contributed by atoms with E-state index >= 15 is 0 Å². The lowest BCUT2D eigenvalue weighted by atomic mass is 10.1. The zero-order chi connectivity index (χ0) is 14.9. The Bertz CT molecular complexity index is 692. The first-order valence-corrected chi connectivity index (χ1v) is 5.74. The van der Waals surface area contributed by atoms with E-state index in [0.29, 0.717) is 11.4 Å². The molecule has 2 aromatic rings. The van der Waals surface area contributed by atoms with Crippen LogP contribution in [-0.4, -0.2) is 20.6 Å². The van der Waals surface area contributed by atoms with Crippen LogP contribution in [0.5, 0.6) is 0 Å². The summed E-state index contributed by atoms with van der Waals surface area (Å²) in [5.41, 5.74) is 6.90. The molecule has 8 nitrogen and oxygen atoms in total. The lowest BCUT2D eigenvalue weighted by molar-refractivity contribution is -0.384. The molecule has 0 spiro atoms. The van der Waals surface area contributed by atoms with Crippen LogP contribution in [0.4, 0.5) is 17.1 Å². The minimum Gasteiger partial charge on any atom is -0.398 e. The van der Waals surface area contributed by atoms with Gasteiger partial charge in [0.1, 0.15) is 0 Å². The number of amides is 1. The number of nitrogens with two attached hydrogens (primary N) is 1. The third kappa shape index (κ3) is 2.58. The fourth-order valence-corrected chi connectivity index (χ4v) is 1.77. The molecule has 0 radical (unpaired) electrons. The topological polar surface area (TPSA) is 116 Å². The minimum atomic E-state index is -0.578. The average Bonchev–Trinajstić information content (AvgIpc) is 2.67. The molecular weight excluding hydrogens is 262 g/mol. The normalized spacial score (nSPS) is 10.3. The number of nitrogens with one attached hydrogen (secondary N) is 1. The second-order valence-electron chi connectivity index (χ2n) is 4.28. The maximum absolute atomic E-state index is 12.1. The summed E-state index contributed by atoms with van der Waals surface area (Å²) in [7, 11) is 1.73. The highest BCUT2D eigenvalue weighted by molar-refractivity contribution is 6.08. The largest absolute Gasteiger partial charge is 0.398 e. The van der Waals surface area contributed by atoms with Crippen molar-refractivity contribution in [3.63, 3.8) is 0 Å². The fraction of sp³-hybridized carbons (Fsp3) is 0.167. The summed E-state index contributed by atoms with van der Waals surface area (Å²) in [5, 5.41) is 17.4. The molecule has 1 aromatic heterocycles. The van der Waals surface area contributed by atoms with Gasteiger partial charge >= 0.3 is 0 Å². The van der Waals surface area contributed by atoms with Gasteiger partial charge < -0.3 is 11.1 Å². The summed E-state index contributed by atoms with van der Waals surface area (Å²) in [6.07, 6.45) is 1.64. The van der Waals surface area contributed by atoms with Crippen LogP contribution in [0, 0.1) is 17.0 Å². The van der Waals surface area contributed by atoms with Crippen molar-refractivity contribution in [2.24, 2.45) is 7.05 Å². The average molecular weight is 275 g/mol. The number of nitrogens with zero attached hydrogens (tertiary/aromatic N) is 3. The van der Waals surface area contributed by atoms with E-state index in [2.05, 4.69) is 10.4 Å². The minimum absolute atomic E-state index is 0.0578. The first-order chi connectivity index (χ1) is 9.38. The number of carbonyl (C=O) groups excluding carboxylic acids is 1. The van der Waals surface area contributed by atoms with Gasteiger partial charge in [0, 0.05) is 31.1 Å². The lowest BCUT2D eigenvalue weighted by Gasteiger charge is -2.06. The van der Waals surface area contributed by atoms with Crippen LogP contribution in [0.15, 0.2) is 24.4 Å². The van der Waals surface area contributed by atoms with Crippen LogP contribution in [0.2, 0.25) is 0 Å². The second kappa shape index (κ2) is 5.00. The van der Waals surface area contributed by atoms with Gasteiger partial charge in [0.2, 0.25) is 0 Å². The Kier molecular flexibility index (Phi) is 3.38. The van der Waals surface area contributed by atoms with Gasteiger partial charge in [-0.05, 0) is 13.0 Å². The monoisotopic (exact) mass is 275 g/mol. The van der Waals surface area contributed by atoms with E-state index in [1.54, 1.807) is 24.9 Å². The van der Waals surface area contributed by atoms with E-state index in [1.165, 1.54) is 12.1 Å². The van der Waals surface area contributed by atoms with Crippen LogP contribution >= 0.6 is 0 Å². The van der Waals surface area contributed by atoms with Gasteiger partial charge in [0.25, 0.3) is 11.6 Å². The maximum Gasteiger partial charge on any atom is 0.270 e. The van der Waals surface area contributed by atoms with Gasteiger partial charge in [-0.25, -0.2) is 0 Å². The number of rotatable bonds is 3. The molecule has 0 atom stereocenters. The summed E-state index contributed by atoms with van der Waals surface area (Å²) in [4.78, 5) is 22.3. The smallest absolute Gasteiger partial charge is 0.270 e. The predicted molar refractivity (Wildman–Crippen MR) is 73.4 cm³/mol. The van der Waals surface area contributed by atoms with E-state index < -0.39 is 10.8 Å². The number of nitro benzene ring substituents is 1. The van der Waals surface area contributed by atoms with Crippen LogP contribution < -0.4 is 11.1 Å². The number of hydrogen-bond acceptors (Lipinski definition) is 5. The van der Waals surface area contributed by atoms with Crippen molar-refractivity contribution in [2.75, 3.05) is 11.1 Å². The number of benzene rings is 1. The van der Waals surface area contributed by atoms with Crippen LogP contribution in [0.25, 0.3) is 0 Å². The maximum atomic E-state index is 12.1. The molecule has 0 aliphatic carbocycles. The third-order valence-corrected chi connectivity index (χ3v) is 2.75. The Morgan fingerprint density at radius 3 is 2.75 bits per heavy atom. The molecule has 104 valence electrons. The Hall–Kier alpha value is -2.90. The molecule has 0 aliphatic heterocycles. The number of nitro groups is 1. The Morgan fingerprint density at radius 1 is 1.50 bits per heavy atom. The van der Waals surface area contributed by atoms with Gasteiger partial charge in [0.05, 0.1) is 21.9 Å². The highest BCUT2D eigenvalue weighted by Gasteiger charge is 2.16. The van der Waals surface area contributed by atoms with Gasteiger partial charge in [-0.3, -0.25) is 19.6 Å². The highest BCUT2D eigenvalue weighted by atomic mass is 16.6. The van der Waals surface area contributed by atoms with E-state index in [0.717, 1.165) is 6.07 Å². The standard InChI is InChI=1S/C12H13N5O3/c1-7-11(6-16(2)15-7)14-12(18)9-5-8(17(19)20)3-4-10(9)13/h3-6H,13H2,1-2H3,(H,14,18). The molecule has 0 saturated heterocycles. The van der Waals surface area contributed by atoms with Crippen molar-refractivity contribution < 1.29 is 9.72 Å². The second-order valence-corrected chi connectivity index (χ2v) is 4.28. The summed E-state index contributed by atoms with van der Waals surface area (Å²) in [5.74, 6) is -0.512. The number of aromatic nitrogens is 2. The summed E-state index contributed by atoms with van der Waals surface area (Å²) in [6, 6.07) is 3.74. The number of carbonyl (C=O) groups is 1. The molecule has 20 heavy (non-hydrogen) atoms. The molecule has 1 aromatic carbocycles. The molecule has 0 bridgehead atoms.